The highest BCUT2D eigenvalue weighted by Crippen LogP contribution is 2.48. The first kappa shape index (κ1) is 19.1. The molecular weight excluding hydrogens is 334 g/mol. The minimum absolute atomic E-state index is 0. The van der Waals surface area contributed by atoms with E-state index >= 15 is 0 Å². The third-order valence-corrected chi connectivity index (χ3v) is 5.83. The van der Waals surface area contributed by atoms with Crippen molar-refractivity contribution in [1.29, 1.82) is 0 Å². The number of halogens is 1. The van der Waals surface area contributed by atoms with Crippen molar-refractivity contribution in [3.05, 3.63) is 0 Å². The normalized spacial score (nSPS) is 31.2. The van der Waals surface area contributed by atoms with E-state index in [-0.39, 0.29) is 60.7 Å². The molecule has 4 unspecified atom stereocenters. The molecule has 3 aliphatic rings. The van der Waals surface area contributed by atoms with Crippen LogP contribution >= 0.6 is 12.4 Å². The fourth-order valence-electron chi connectivity index (χ4n) is 4.18. The zero-order valence-electron chi connectivity index (χ0n) is 14.1. The van der Waals surface area contributed by atoms with E-state index in [4.69, 9.17) is 10.5 Å². The molecule has 8 heteroatoms. The highest BCUT2D eigenvalue weighted by Gasteiger charge is 2.62. The van der Waals surface area contributed by atoms with Gasteiger partial charge in [0.25, 0.3) is 0 Å². The third-order valence-electron chi connectivity index (χ3n) is 5.83. The van der Waals surface area contributed by atoms with Crippen molar-refractivity contribution < 1.29 is 19.1 Å². The second-order valence-electron chi connectivity index (χ2n) is 6.84. The Morgan fingerprint density at radius 1 is 1.21 bits per heavy atom. The van der Waals surface area contributed by atoms with Crippen LogP contribution in [0.5, 0.6) is 0 Å². The van der Waals surface area contributed by atoms with Crippen LogP contribution in [0.3, 0.4) is 0 Å². The van der Waals surface area contributed by atoms with Gasteiger partial charge in [-0.1, -0.05) is 13.8 Å². The zero-order valence-corrected chi connectivity index (χ0v) is 14.9. The molecule has 4 atom stereocenters. The first-order valence-corrected chi connectivity index (χ1v) is 8.48. The number of nitrogens with zero attached hydrogens (tertiary/aromatic N) is 1. The van der Waals surface area contributed by atoms with Crippen LogP contribution in [0.4, 0.5) is 0 Å². The summed E-state index contributed by atoms with van der Waals surface area (Å²) in [5.41, 5.74) is 5.31. The van der Waals surface area contributed by atoms with Gasteiger partial charge in [0.2, 0.25) is 17.7 Å². The van der Waals surface area contributed by atoms with Crippen molar-refractivity contribution in [2.75, 3.05) is 13.1 Å². The first-order valence-electron chi connectivity index (χ1n) is 8.48. The average molecular weight is 360 g/mol. The Bertz CT molecular complexity index is 501. The number of fused-ring (bicyclic) bond motifs is 5. The maximum Gasteiger partial charge on any atom is 0.240 e. The summed E-state index contributed by atoms with van der Waals surface area (Å²) in [4.78, 5) is 38.5. The third kappa shape index (κ3) is 2.82. The predicted octanol–water partition coefficient (Wildman–Crippen LogP) is 0.204. The monoisotopic (exact) mass is 359 g/mol. The quantitative estimate of drug-likeness (QED) is 0.660. The molecule has 3 rings (SSSR count). The van der Waals surface area contributed by atoms with Gasteiger partial charge >= 0.3 is 0 Å². The molecule has 3 saturated heterocycles. The molecule has 0 aliphatic carbocycles. The van der Waals surface area contributed by atoms with Gasteiger partial charge in [0, 0.05) is 6.54 Å². The molecule has 0 aromatic rings. The van der Waals surface area contributed by atoms with Crippen molar-refractivity contribution in [3.63, 3.8) is 0 Å². The van der Waals surface area contributed by atoms with Crippen LogP contribution in [-0.2, 0) is 19.1 Å². The Labute approximate surface area is 148 Å². The number of imide groups is 1. The number of ether oxygens (including phenoxy) is 1. The van der Waals surface area contributed by atoms with Crippen molar-refractivity contribution >= 4 is 30.1 Å². The molecule has 0 radical (unpaired) electrons. The lowest BCUT2D eigenvalue weighted by Gasteiger charge is -2.32. The molecular formula is C16H26ClN3O4. The van der Waals surface area contributed by atoms with Gasteiger partial charge in [-0.2, -0.15) is 0 Å². The van der Waals surface area contributed by atoms with E-state index in [1.54, 1.807) is 0 Å². The molecule has 24 heavy (non-hydrogen) atoms. The van der Waals surface area contributed by atoms with Gasteiger partial charge < -0.3 is 15.8 Å². The van der Waals surface area contributed by atoms with E-state index < -0.39 is 5.54 Å². The van der Waals surface area contributed by atoms with Crippen LogP contribution < -0.4 is 11.1 Å². The van der Waals surface area contributed by atoms with Crippen LogP contribution in [0.2, 0.25) is 0 Å². The molecule has 3 amide bonds. The van der Waals surface area contributed by atoms with Crippen molar-refractivity contribution in [1.82, 2.24) is 10.2 Å². The summed E-state index contributed by atoms with van der Waals surface area (Å²) in [5, 5.41) is 2.91. The number of carbonyl (C=O) groups is 3. The largest absolute Gasteiger partial charge is 0.373 e. The Kier molecular flexibility index (Phi) is 5.57. The number of carbonyl (C=O) groups excluding carboxylic acids is 3. The van der Waals surface area contributed by atoms with E-state index in [0.717, 1.165) is 17.7 Å². The van der Waals surface area contributed by atoms with E-state index in [2.05, 4.69) is 5.32 Å². The van der Waals surface area contributed by atoms with Gasteiger partial charge in [-0.05, 0) is 25.7 Å². The molecule has 0 aromatic heterocycles. The average Bonchev–Trinajstić information content (AvgIpc) is 3.23. The van der Waals surface area contributed by atoms with Gasteiger partial charge in [0.15, 0.2) is 0 Å². The Balaban J connectivity index is 0.00000208. The van der Waals surface area contributed by atoms with Crippen molar-refractivity contribution in [3.8, 4) is 0 Å². The minimum Gasteiger partial charge on any atom is -0.373 e. The number of nitrogens with two attached hydrogens (primary N) is 1. The summed E-state index contributed by atoms with van der Waals surface area (Å²) in [6.45, 7) is 4.03. The van der Waals surface area contributed by atoms with Gasteiger partial charge in [-0.25, -0.2) is 0 Å². The summed E-state index contributed by atoms with van der Waals surface area (Å²) in [6, 6.07) is 0. The highest BCUT2D eigenvalue weighted by molar-refractivity contribution is 6.08. The standard InChI is InChI=1S/C16H25N3O4.ClH/c1-3-16(4-2,8-17)18-11(20)7-19-14(21)12-9-5-6-10(23-9)13(12)15(19)22;/h9-10,12-13H,3-8,17H2,1-2H3,(H,18,20);1H. The SMILES string of the molecule is CCC(CC)(CN)NC(=O)CN1C(=O)C2C3CCC(O3)C2C1=O.Cl. The van der Waals surface area contributed by atoms with Crippen LogP contribution in [0.15, 0.2) is 0 Å². The molecule has 0 spiro atoms. The Morgan fingerprint density at radius 3 is 2.12 bits per heavy atom. The maximum absolute atomic E-state index is 12.5. The first-order chi connectivity index (χ1) is 11.0. The summed E-state index contributed by atoms with van der Waals surface area (Å²) < 4.78 is 5.68. The minimum atomic E-state index is -0.471. The van der Waals surface area contributed by atoms with Crippen molar-refractivity contribution in [2.45, 2.75) is 57.3 Å². The summed E-state index contributed by atoms with van der Waals surface area (Å²) in [7, 11) is 0. The number of rotatable bonds is 6. The molecule has 136 valence electrons. The molecule has 3 N–H and O–H groups in total. The van der Waals surface area contributed by atoms with Gasteiger partial charge in [-0.3, -0.25) is 19.3 Å². The van der Waals surface area contributed by atoms with E-state index in [1.807, 2.05) is 13.8 Å². The van der Waals surface area contributed by atoms with Gasteiger partial charge in [0.1, 0.15) is 6.54 Å². The van der Waals surface area contributed by atoms with E-state index in [0.29, 0.717) is 19.4 Å². The van der Waals surface area contributed by atoms with Crippen molar-refractivity contribution in [2.24, 2.45) is 17.6 Å². The molecule has 3 heterocycles. The lowest BCUT2D eigenvalue weighted by molar-refractivity contribution is -0.146. The van der Waals surface area contributed by atoms with Crippen LogP contribution in [-0.4, -0.2) is 53.5 Å². The molecule has 0 aromatic carbocycles. The Hall–Kier alpha value is -1.18. The molecule has 3 aliphatic heterocycles. The molecule has 3 fully saturated rings. The molecule has 0 saturated carbocycles. The number of likely N-dealkylation sites (tertiary alicyclic amines) is 1. The lowest BCUT2D eigenvalue weighted by Crippen LogP contribution is -2.55. The Morgan fingerprint density at radius 2 is 1.71 bits per heavy atom. The highest BCUT2D eigenvalue weighted by atomic mass is 35.5. The second-order valence-corrected chi connectivity index (χ2v) is 6.84. The lowest BCUT2D eigenvalue weighted by atomic mass is 9.81. The molecule has 7 nitrogen and oxygen atoms in total. The number of hydrogen-bond donors (Lipinski definition) is 2. The fraction of sp³-hybridized carbons (Fsp3) is 0.812. The maximum atomic E-state index is 12.5. The topological polar surface area (TPSA) is 102 Å². The van der Waals surface area contributed by atoms with Gasteiger partial charge in [0.05, 0.1) is 29.6 Å². The summed E-state index contributed by atoms with van der Waals surface area (Å²) in [5.74, 6) is -1.60. The van der Waals surface area contributed by atoms with Crippen LogP contribution in [0.1, 0.15) is 39.5 Å². The molecule has 2 bridgehead atoms. The number of hydrogen-bond acceptors (Lipinski definition) is 5. The second kappa shape index (κ2) is 6.98. The zero-order chi connectivity index (χ0) is 16.8. The smallest absolute Gasteiger partial charge is 0.240 e. The van der Waals surface area contributed by atoms with Crippen LogP contribution in [0, 0.1) is 11.8 Å². The van der Waals surface area contributed by atoms with E-state index in [9.17, 15) is 14.4 Å². The van der Waals surface area contributed by atoms with E-state index in [1.165, 1.54) is 0 Å². The predicted molar refractivity (Wildman–Crippen MR) is 89.4 cm³/mol. The number of nitrogens with one attached hydrogen (secondary N) is 1. The fourth-order valence-corrected chi connectivity index (χ4v) is 4.18. The number of amides is 3. The van der Waals surface area contributed by atoms with Crippen LogP contribution in [0.25, 0.3) is 0 Å². The summed E-state index contributed by atoms with van der Waals surface area (Å²) >= 11 is 0. The van der Waals surface area contributed by atoms with Gasteiger partial charge in [-0.15, -0.1) is 12.4 Å². The summed E-state index contributed by atoms with van der Waals surface area (Å²) in [6.07, 6.45) is 2.76.